The Morgan fingerprint density at radius 2 is 0.540 bits per heavy atom. The van der Waals surface area contributed by atoms with Crippen LogP contribution in [0.15, 0.2) is 24.3 Å². The van der Waals surface area contributed by atoms with Gasteiger partial charge in [-0.1, -0.05) is 0 Å². The van der Waals surface area contributed by atoms with Crippen LogP contribution in [0.25, 0.3) is 0 Å². The normalized spacial score (nSPS) is 22.5. The first kappa shape index (κ1) is 44.1. The molecule has 1 aliphatic carbocycles. The molecule has 0 spiro atoms. The van der Waals surface area contributed by atoms with E-state index in [0.29, 0.717) is 9.50 Å². The van der Waals surface area contributed by atoms with Gasteiger partial charge >= 0.3 is 329 Å². The van der Waals surface area contributed by atoms with E-state index in [4.69, 9.17) is 7.53 Å². The molecule has 2 unspecified atom stereocenters. The number of hydrogen-bond donors (Lipinski definition) is 0. The molecule has 1 aromatic rings. The van der Waals surface area contributed by atoms with Crippen LogP contribution in [-0.4, -0.2) is 91.8 Å². The van der Waals surface area contributed by atoms with Crippen molar-refractivity contribution in [3.63, 3.8) is 0 Å². The van der Waals surface area contributed by atoms with Gasteiger partial charge in [-0.2, -0.15) is 0 Å². The Morgan fingerprint density at radius 1 is 0.360 bits per heavy atom. The van der Waals surface area contributed by atoms with Crippen LogP contribution < -0.4 is 7.53 Å². The minimum atomic E-state index is -3.26. The molecule has 3 aliphatic rings. The molecule has 2 heterocycles. The third-order valence-electron chi connectivity index (χ3n) is 12.6. The molecule has 0 aromatic heterocycles. The monoisotopic (exact) mass is 942 g/mol. The van der Waals surface area contributed by atoms with Crippen molar-refractivity contribution >= 4 is 91.8 Å². The van der Waals surface area contributed by atoms with Crippen molar-refractivity contribution in [3.8, 4) is 11.5 Å². The molecule has 2 atom stereocenters. The van der Waals surface area contributed by atoms with Gasteiger partial charge in [0.2, 0.25) is 0 Å². The molecule has 286 valence electrons. The fourth-order valence-electron chi connectivity index (χ4n) is 15.0. The summed E-state index contributed by atoms with van der Waals surface area (Å²) >= 11 is -6.53. The predicted octanol–water partition coefficient (Wildman–Crippen LogP) is 13.7. The van der Waals surface area contributed by atoms with Crippen LogP contribution in [0.4, 0.5) is 0 Å². The number of allylic oxidation sites excluding steroid dienone is 2. The summed E-state index contributed by atoms with van der Waals surface area (Å²) in [4.78, 5) is 0. The van der Waals surface area contributed by atoms with Gasteiger partial charge in [0.1, 0.15) is 0 Å². The van der Waals surface area contributed by atoms with Crippen molar-refractivity contribution in [3.05, 3.63) is 35.4 Å². The van der Waals surface area contributed by atoms with E-state index in [1.807, 2.05) is 0 Å². The Bertz CT molecular complexity index is 1260. The minimum absolute atomic E-state index is 0.527. The van der Waals surface area contributed by atoms with E-state index in [9.17, 15) is 0 Å². The second-order valence-corrected chi connectivity index (χ2v) is 95.8. The van der Waals surface area contributed by atoms with E-state index >= 15 is 0 Å². The molecule has 2 aliphatic heterocycles. The predicted molar refractivity (Wildman–Crippen MR) is 256 cm³/mol. The van der Waals surface area contributed by atoms with Crippen LogP contribution in [-0.2, 0) is 0 Å². The zero-order valence-electron chi connectivity index (χ0n) is 37.6. The summed E-state index contributed by atoms with van der Waals surface area (Å²) < 4.78 is 21.1. The van der Waals surface area contributed by atoms with Crippen LogP contribution in [0.3, 0.4) is 0 Å². The zero-order chi connectivity index (χ0) is 39.0. The second kappa shape index (κ2) is 13.0. The summed E-state index contributed by atoms with van der Waals surface area (Å²) in [7, 11) is -12.9. The van der Waals surface area contributed by atoms with E-state index in [1.54, 1.807) is 11.1 Å². The zero-order valence-corrected chi connectivity index (χ0v) is 49.8. The maximum atomic E-state index is 8.31. The summed E-state index contributed by atoms with van der Waals surface area (Å²) in [5, 5.41) is 0. The summed E-state index contributed by atoms with van der Waals surface area (Å²) in [6, 6.07) is 4.96. The molecule has 0 saturated carbocycles. The molecule has 12 heteroatoms. The standard InChI is InChI=1S/C38H82Ge2O2Si8/c1-43(2,3)35(44(4,5)6)39(36(45(7,8)9)46(10,11)12)29-25-26-30-34-32(28-27-31(41-39)33(29)34)42-40(30,37(47(13,14)15)48(16,17)18)38(49(19,20)21)50(22,23)24/h25-30,35-38H,1-24H3. The van der Waals surface area contributed by atoms with Gasteiger partial charge in [-0.25, -0.2) is 0 Å². The molecular weight excluding hydrogens is 858 g/mol. The first-order chi connectivity index (χ1) is 21.9. The van der Waals surface area contributed by atoms with Gasteiger partial charge in [0.25, 0.3) is 0 Å². The Kier molecular flexibility index (Phi) is 11.4. The van der Waals surface area contributed by atoms with Crippen LogP contribution in [0, 0.1) is 0 Å². The molecule has 0 fully saturated rings. The Balaban J connectivity index is 2.21. The van der Waals surface area contributed by atoms with Gasteiger partial charge in [-0.05, 0) is 0 Å². The second-order valence-electron chi connectivity index (χ2n) is 25.8. The average molecular weight is 941 g/mol. The van der Waals surface area contributed by atoms with Gasteiger partial charge in [0.05, 0.1) is 0 Å². The third kappa shape index (κ3) is 7.35. The van der Waals surface area contributed by atoms with Crippen molar-refractivity contribution in [2.75, 3.05) is 0 Å². The molecule has 0 N–H and O–H groups in total. The van der Waals surface area contributed by atoms with E-state index in [-0.39, 0.29) is 0 Å². The summed E-state index contributed by atoms with van der Waals surface area (Å²) in [5.74, 6) is 2.67. The molecular formula is C38H82Ge2O2Si8. The Hall–Kier alpha value is 1.38. The van der Waals surface area contributed by atoms with Crippen molar-refractivity contribution in [2.24, 2.45) is 0 Å². The van der Waals surface area contributed by atoms with Crippen LogP contribution in [0.5, 0.6) is 11.5 Å². The van der Waals surface area contributed by atoms with Crippen molar-refractivity contribution < 1.29 is 7.53 Å². The fourth-order valence-corrected chi connectivity index (χ4v) is 172. The van der Waals surface area contributed by atoms with Gasteiger partial charge in [0, 0.05) is 0 Å². The molecule has 50 heavy (non-hydrogen) atoms. The molecule has 2 nitrogen and oxygen atoms in total. The first-order valence-electron chi connectivity index (χ1n) is 20.1. The quantitative estimate of drug-likeness (QED) is 0.154. The molecule has 0 radical (unpaired) electrons. The topological polar surface area (TPSA) is 18.5 Å². The maximum absolute atomic E-state index is 8.31. The SMILES string of the molecule is C[Si](C)(C)[CH]([Si](C)(C)C)[Ge]1([CH]([Si](C)(C)C)[Si](C)(C)C)[O]c2ccc3c4c2[CH]1C=C[CH]4[Ge]([CH]([Si](C)(C)C)[Si](C)(C)C)([CH]([Si](C)(C)C)[Si](C)(C)C)[O]3. The van der Waals surface area contributed by atoms with E-state index < -0.39 is 91.8 Å². The van der Waals surface area contributed by atoms with Crippen molar-refractivity contribution in [1.82, 2.24) is 0 Å². The molecule has 1 aromatic carbocycles. The Morgan fingerprint density at radius 3 is 0.700 bits per heavy atom. The van der Waals surface area contributed by atoms with Gasteiger partial charge in [0.15, 0.2) is 0 Å². The molecule has 0 amide bonds. The average Bonchev–Trinajstić information content (AvgIpc) is 3.23. The molecule has 0 saturated heterocycles. The summed E-state index contributed by atoms with van der Waals surface area (Å²) in [6.07, 6.45) is 5.86. The van der Waals surface area contributed by atoms with E-state index in [0.717, 1.165) is 16.0 Å². The number of rotatable bonds is 12. The number of benzene rings is 1. The fraction of sp³-hybridized carbons (Fsp3) is 0.789. The van der Waals surface area contributed by atoms with Gasteiger partial charge in [-0.3, -0.25) is 0 Å². The van der Waals surface area contributed by atoms with Crippen LogP contribution >= 0.6 is 0 Å². The number of hydrogen-bond acceptors (Lipinski definition) is 2. The van der Waals surface area contributed by atoms with Gasteiger partial charge < -0.3 is 0 Å². The van der Waals surface area contributed by atoms with E-state index in [2.05, 4.69) is 181 Å². The first-order valence-corrected chi connectivity index (χ1v) is 57.7. The van der Waals surface area contributed by atoms with Crippen LogP contribution in [0.1, 0.15) is 20.6 Å². The third-order valence-corrected chi connectivity index (χ3v) is 126. The Labute approximate surface area is 326 Å². The van der Waals surface area contributed by atoms with Gasteiger partial charge in [-0.15, -0.1) is 0 Å². The van der Waals surface area contributed by atoms with E-state index in [1.165, 1.54) is 11.5 Å². The van der Waals surface area contributed by atoms with Crippen LogP contribution in [0.2, 0.25) is 173 Å². The van der Waals surface area contributed by atoms with Crippen molar-refractivity contribution in [1.29, 1.82) is 0 Å². The molecule has 4 rings (SSSR count). The molecule has 0 bridgehead atoms. The summed E-state index contributed by atoms with van der Waals surface area (Å²) in [6.45, 7) is 65.7. The summed E-state index contributed by atoms with van der Waals surface area (Å²) in [5.41, 5.74) is 3.39. The van der Waals surface area contributed by atoms with Crippen molar-refractivity contribution in [2.45, 2.75) is 183 Å².